The number of nitro groups is 1. The number of benzene rings is 2. The summed E-state index contributed by atoms with van der Waals surface area (Å²) in [4.78, 5) is 19.7. The lowest BCUT2D eigenvalue weighted by molar-refractivity contribution is -0.402. The molecule has 0 saturated heterocycles. The molecule has 0 aliphatic carbocycles. The zero-order valence-corrected chi connectivity index (χ0v) is 18.7. The molecule has 0 unspecified atom stereocenters. The Morgan fingerprint density at radius 1 is 1.15 bits per heavy atom. The summed E-state index contributed by atoms with van der Waals surface area (Å²) in [5.74, 6) is 0.706. The molecule has 0 fully saturated rings. The molecule has 0 spiro atoms. The number of aromatic nitrogens is 2. The second-order valence-corrected chi connectivity index (χ2v) is 7.98. The summed E-state index contributed by atoms with van der Waals surface area (Å²) >= 11 is 1.42. The zero-order valence-electron chi connectivity index (χ0n) is 17.9. The summed E-state index contributed by atoms with van der Waals surface area (Å²) in [5, 5.41) is 19.5. The zero-order chi connectivity index (χ0) is 23.5. The van der Waals surface area contributed by atoms with Crippen molar-refractivity contribution in [2.24, 2.45) is 10.1 Å². The van der Waals surface area contributed by atoms with Gasteiger partial charge in [-0.3, -0.25) is 15.1 Å². The van der Waals surface area contributed by atoms with Gasteiger partial charge in [-0.15, -0.1) is 11.3 Å². The van der Waals surface area contributed by atoms with Crippen LogP contribution >= 0.6 is 11.3 Å². The van der Waals surface area contributed by atoms with E-state index < -0.39 is 4.92 Å². The van der Waals surface area contributed by atoms with Gasteiger partial charge in [-0.2, -0.15) is 5.10 Å². The summed E-state index contributed by atoms with van der Waals surface area (Å²) in [7, 11) is 1.64. The molecule has 2 aromatic carbocycles. The lowest BCUT2D eigenvalue weighted by Crippen LogP contribution is -2.11. The smallest absolute Gasteiger partial charge is 0.433 e. The van der Waals surface area contributed by atoms with E-state index in [0.717, 1.165) is 27.8 Å². The maximum atomic E-state index is 10.9. The van der Waals surface area contributed by atoms with E-state index in [-0.39, 0.29) is 11.6 Å². The van der Waals surface area contributed by atoms with Crippen molar-refractivity contribution in [3.8, 4) is 17.0 Å². The van der Waals surface area contributed by atoms with Gasteiger partial charge in [-0.25, -0.2) is 9.67 Å². The van der Waals surface area contributed by atoms with E-state index in [9.17, 15) is 10.1 Å². The minimum absolute atomic E-state index is 0.259. The van der Waals surface area contributed by atoms with Crippen LogP contribution in [0.2, 0.25) is 0 Å². The van der Waals surface area contributed by atoms with E-state index in [1.807, 2.05) is 41.8 Å². The Morgan fingerprint density at radius 3 is 2.76 bits per heavy atom. The summed E-state index contributed by atoms with van der Waals surface area (Å²) < 4.78 is 12.2. The predicted octanol–water partition coefficient (Wildman–Crippen LogP) is 5.39. The maximum absolute atomic E-state index is 10.9. The highest BCUT2D eigenvalue weighted by Crippen LogP contribution is 2.28. The molecule has 0 N–H and O–H groups in total. The largest absolute Gasteiger partial charge is 0.497 e. The fourth-order valence-corrected chi connectivity index (χ4v) is 4.21. The van der Waals surface area contributed by atoms with Crippen molar-refractivity contribution in [3.63, 3.8) is 0 Å². The number of methoxy groups -OCH3 is 1. The van der Waals surface area contributed by atoms with Crippen LogP contribution in [0.4, 0.5) is 11.6 Å². The fraction of sp³-hybridized carbons (Fsp3) is 0.0417. The van der Waals surface area contributed by atoms with Crippen LogP contribution in [-0.2, 0) is 0 Å². The van der Waals surface area contributed by atoms with Crippen molar-refractivity contribution in [1.82, 2.24) is 9.66 Å². The summed E-state index contributed by atoms with van der Waals surface area (Å²) in [6, 6.07) is 18.4. The van der Waals surface area contributed by atoms with Crippen LogP contribution in [0.25, 0.3) is 22.0 Å². The van der Waals surface area contributed by atoms with Crippen LogP contribution in [0.5, 0.6) is 5.75 Å². The summed E-state index contributed by atoms with van der Waals surface area (Å²) in [6.07, 6.45) is 4.77. The molecule has 0 aliphatic rings. The number of furan rings is 1. The van der Waals surface area contributed by atoms with Gasteiger partial charge in [0.1, 0.15) is 10.7 Å². The molecule has 5 rings (SSSR count). The molecule has 0 radical (unpaired) electrons. The van der Waals surface area contributed by atoms with Gasteiger partial charge in [0.25, 0.3) is 0 Å². The van der Waals surface area contributed by atoms with Crippen LogP contribution in [0, 0.1) is 10.1 Å². The number of fused-ring (bicyclic) bond motifs is 1. The van der Waals surface area contributed by atoms with Crippen molar-refractivity contribution in [1.29, 1.82) is 0 Å². The lowest BCUT2D eigenvalue weighted by Gasteiger charge is -2.07. The van der Waals surface area contributed by atoms with E-state index in [0.29, 0.717) is 10.5 Å². The quantitative estimate of drug-likeness (QED) is 0.187. The van der Waals surface area contributed by atoms with Gasteiger partial charge >= 0.3 is 5.88 Å². The Balaban J connectivity index is 1.62. The second kappa shape index (κ2) is 9.12. The van der Waals surface area contributed by atoms with Gasteiger partial charge in [-0.1, -0.05) is 18.2 Å². The Kier molecular flexibility index (Phi) is 5.71. The first-order chi connectivity index (χ1) is 16.6. The van der Waals surface area contributed by atoms with Gasteiger partial charge in [0.2, 0.25) is 4.80 Å². The van der Waals surface area contributed by atoms with Gasteiger partial charge in [-0.05, 0) is 47.2 Å². The first-order valence-corrected chi connectivity index (χ1v) is 11.0. The highest BCUT2D eigenvalue weighted by molar-refractivity contribution is 7.07. The topological polar surface area (TPSA) is 108 Å². The molecule has 10 heteroatoms. The third kappa shape index (κ3) is 4.34. The predicted molar refractivity (Wildman–Crippen MR) is 130 cm³/mol. The third-order valence-corrected chi connectivity index (χ3v) is 5.81. The lowest BCUT2D eigenvalue weighted by atomic mass is 10.1. The van der Waals surface area contributed by atoms with Crippen LogP contribution < -0.4 is 9.54 Å². The van der Waals surface area contributed by atoms with Gasteiger partial charge < -0.3 is 9.15 Å². The fourth-order valence-electron chi connectivity index (χ4n) is 3.35. The first-order valence-electron chi connectivity index (χ1n) is 10.1. The average Bonchev–Trinajstić information content (AvgIpc) is 3.50. The molecule has 168 valence electrons. The van der Waals surface area contributed by atoms with E-state index in [1.54, 1.807) is 30.2 Å². The van der Waals surface area contributed by atoms with Crippen molar-refractivity contribution >= 4 is 39.9 Å². The highest BCUT2D eigenvalue weighted by Gasteiger charge is 2.12. The molecule has 3 heterocycles. The number of thiazole rings is 1. The molecule has 0 atom stereocenters. The minimum Gasteiger partial charge on any atom is -0.497 e. The Bertz CT molecular complexity index is 1580. The summed E-state index contributed by atoms with van der Waals surface area (Å²) in [5.41, 5.74) is 2.42. The molecular formula is C24H17N5O4S. The number of hydrogen-bond donors (Lipinski definition) is 0. The SMILES string of the molecule is COc1ccc2cc(-c3csc(=Nc4cccnc4)n3N=Cc3ccc([N+](=O)[O-])o3)ccc2c1. The minimum atomic E-state index is -0.590. The molecule has 9 nitrogen and oxygen atoms in total. The number of ether oxygens (including phenoxy) is 1. The summed E-state index contributed by atoms with van der Waals surface area (Å²) in [6.45, 7) is 0. The third-order valence-electron chi connectivity index (χ3n) is 4.99. The van der Waals surface area contributed by atoms with Gasteiger partial charge in [0.15, 0.2) is 5.76 Å². The van der Waals surface area contributed by atoms with E-state index in [1.165, 1.54) is 29.7 Å². The molecule has 34 heavy (non-hydrogen) atoms. The molecule has 0 saturated carbocycles. The van der Waals surface area contributed by atoms with Crippen LogP contribution in [0.15, 0.2) is 92.9 Å². The van der Waals surface area contributed by atoms with Crippen LogP contribution in [0.1, 0.15) is 5.76 Å². The molecular weight excluding hydrogens is 454 g/mol. The van der Waals surface area contributed by atoms with Gasteiger partial charge in [0, 0.05) is 17.1 Å². The Labute approximate surface area is 197 Å². The van der Waals surface area contributed by atoms with E-state index >= 15 is 0 Å². The number of pyridine rings is 1. The molecule has 0 amide bonds. The normalized spacial score (nSPS) is 12.0. The average molecular weight is 471 g/mol. The van der Waals surface area contributed by atoms with Crippen molar-refractivity contribution < 1.29 is 14.1 Å². The second-order valence-electron chi connectivity index (χ2n) is 7.14. The van der Waals surface area contributed by atoms with Crippen molar-refractivity contribution in [2.45, 2.75) is 0 Å². The standard InChI is InChI=1S/C24H17N5O4S/c1-32-20-7-6-16-11-18(5-4-17(16)12-20)22-15-34-24(27-19-3-2-10-25-13-19)28(22)26-14-21-8-9-23(33-21)29(30)31/h2-15H,1H3. The number of nitrogens with zero attached hydrogens (tertiary/aromatic N) is 5. The monoisotopic (exact) mass is 471 g/mol. The van der Waals surface area contributed by atoms with Crippen molar-refractivity contribution in [3.05, 3.63) is 99.1 Å². The van der Waals surface area contributed by atoms with E-state index in [2.05, 4.69) is 21.1 Å². The van der Waals surface area contributed by atoms with E-state index in [4.69, 9.17) is 9.15 Å². The van der Waals surface area contributed by atoms with Gasteiger partial charge in [0.05, 0.1) is 37.0 Å². The number of rotatable bonds is 6. The molecule has 3 aromatic heterocycles. The molecule has 5 aromatic rings. The van der Waals surface area contributed by atoms with Crippen molar-refractivity contribution in [2.75, 3.05) is 7.11 Å². The maximum Gasteiger partial charge on any atom is 0.433 e. The molecule has 0 bridgehead atoms. The Morgan fingerprint density at radius 2 is 2.00 bits per heavy atom. The van der Waals surface area contributed by atoms with Crippen LogP contribution in [-0.4, -0.2) is 27.9 Å². The first kappa shape index (κ1) is 21.3. The Hall–Kier alpha value is -4.57. The highest BCUT2D eigenvalue weighted by atomic mass is 32.1. The molecule has 0 aliphatic heterocycles. The number of hydrogen-bond acceptors (Lipinski definition) is 8. The van der Waals surface area contributed by atoms with Crippen LogP contribution in [0.3, 0.4) is 0 Å².